The van der Waals surface area contributed by atoms with Gasteiger partial charge in [0.15, 0.2) is 11.6 Å². The monoisotopic (exact) mass is 409 g/mol. The number of amides is 1. The fourth-order valence-electron chi connectivity index (χ4n) is 3.10. The molecule has 28 heavy (non-hydrogen) atoms. The molecule has 1 amide bonds. The Morgan fingerprint density at radius 3 is 2.04 bits per heavy atom. The summed E-state index contributed by atoms with van der Waals surface area (Å²) in [6.45, 7) is 4.60. The molecular formula is C19H21F2N3O3S. The molecule has 1 fully saturated rings. The standard InChI is InChI=1S/C19H21F2N3O3S/c1-13-3-5-16(6-4-13)28(26,27)22-15-11-17(20)19(18(21)12-15)24-9-7-23(8-10-24)14(2)25/h3-6,11-12,22H,7-10H2,1-2H3. The van der Waals surface area contributed by atoms with Crippen LogP contribution in [0.25, 0.3) is 0 Å². The van der Waals surface area contributed by atoms with Gasteiger partial charge >= 0.3 is 0 Å². The summed E-state index contributed by atoms with van der Waals surface area (Å²) >= 11 is 0. The predicted octanol–water partition coefficient (Wildman–Crippen LogP) is 2.74. The molecule has 0 atom stereocenters. The van der Waals surface area contributed by atoms with Crippen molar-refractivity contribution < 1.29 is 22.0 Å². The highest BCUT2D eigenvalue weighted by Crippen LogP contribution is 2.29. The number of sulfonamides is 1. The van der Waals surface area contributed by atoms with Crippen LogP contribution in [0.4, 0.5) is 20.2 Å². The number of anilines is 2. The van der Waals surface area contributed by atoms with E-state index < -0.39 is 21.7 Å². The summed E-state index contributed by atoms with van der Waals surface area (Å²) in [4.78, 5) is 14.5. The molecule has 2 aromatic rings. The molecule has 1 N–H and O–H groups in total. The normalized spacial score (nSPS) is 14.9. The molecular weight excluding hydrogens is 388 g/mol. The van der Waals surface area contributed by atoms with Crippen LogP contribution in [0.1, 0.15) is 12.5 Å². The fraction of sp³-hybridized carbons (Fsp3) is 0.316. The Bertz CT molecular complexity index is 963. The SMILES string of the molecule is CC(=O)N1CCN(c2c(F)cc(NS(=O)(=O)c3ccc(C)cc3)cc2F)CC1. The predicted molar refractivity (Wildman–Crippen MR) is 103 cm³/mol. The topological polar surface area (TPSA) is 69.7 Å². The lowest BCUT2D eigenvalue weighted by atomic mass is 10.2. The molecule has 1 heterocycles. The van der Waals surface area contributed by atoms with Gasteiger partial charge in [-0.05, 0) is 19.1 Å². The van der Waals surface area contributed by atoms with Crippen molar-refractivity contribution in [3.8, 4) is 0 Å². The smallest absolute Gasteiger partial charge is 0.261 e. The van der Waals surface area contributed by atoms with Gasteiger partial charge in [-0.2, -0.15) is 0 Å². The summed E-state index contributed by atoms with van der Waals surface area (Å²) < 4.78 is 56.2. The van der Waals surface area contributed by atoms with Crippen molar-refractivity contribution in [2.75, 3.05) is 35.8 Å². The van der Waals surface area contributed by atoms with Crippen LogP contribution in [0.3, 0.4) is 0 Å². The third kappa shape index (κ3) is 4.24. The second kappa shape index (κ2) is 7.75. The molecule has 0 spiro atoms. The average molecular weight is 409 g/mol. The lowest BCUT2D eigenvalue weighted by Crippen LogP contribution is -2.48. The molecule has 1 aliphatic rings. The first-order chi connectivity index (χ1) is 13.2. The highest BCUT2D eigenvalue weighted by Gasteiger charge is 2.25. The summed E-state index contributed by atoms with van der Waals surface area (Å²) in [5.74, 6) is -1.81. The molecule has 2 aromatic carbocycles. The maximum atomic E-state index is 14.6. The van der Waals surface area contributed by atoms with E-state index in [2.05, 4.69) is 4.72 Å². The minimum absolute atomic E-state index is 0.00310. The van der Waals surface area contributed by atoms with Gasteiger partial charge in [-0.15, -0.1) is 0 Å². The van der Waals surface area contributed by atoms with Crippen molar-refractivity contribution in [2.24, 2.45) is 0 Å². The van der Waals surface area contributed by atoms with Gasteiger partial charge in [0.1, 0.15) is 5.69 Å². The van der Waals surface area contributed by atoms with Crippen molar-refractivity contribution in [1.82, 2.24) is 4.90 Å². The number of hydrogen-bond donors (Lipinski definition) is 1. The van der Waals surface area contributed by atoms with Crippen LogP contribution in [-0.4, -0.2) is 45.4 Å². The Balaban J connectivity index is 1.80. The zero-order valence-corrected chi connectivity index (χ0v) is 16.4. The summed E-state index contributed by atoms with van der Waals surface area (Å²) in [5.41, 5.74) is 0.480. The van der Waals surface area contributed by atoms with E-state index in [-0.39, 0.29) is 22.2 Å². The molecule has 150 valence electrons. The molecule has 0 radical (unpaired) electrons. The number of benzene rings is 2. The average Bonchev–Trinajstić information content (AvgIpc) is 2.61. The molecule has 0 saturated carbocycles. The number of aryl methyl sites for hydroxylation is 1. The number of carbonyl (C=O) groups is 1. The largest absolute Gasteiger partial charge is 0.363 e. The first-order valence-corrected chi connectivity index (χ1v) is 10.2. The number of nitrogens with one attached hydrogen (secondary N) is 1. The molecule has 1 saturated heterocycles. The third-order valence-corrected chi connectivity index (χ3v) is 6.04. The Kier molecular flexibility index (Phi) is 5.55. The zero-order valence-electron chi connectivity index (χ0n) is 15.6. The molecule has 6 nitrogen and oxygen atoms in total. The van der Waals surface area contributed by atoms with Gasteiger partial charge < -0.3 is 9.80 Å². The maximum absolute atomic E-state index is 14.6. The molecule has 0 aliphatic carbocycles. The first kappa shape index (κ1) is 20.1. The number of piperazine rings is 1. The van der Waals surface area contributed by atoms with Gasteiger partial charge in [0.2, 0.25) is 5.91 Å². The first-order valence-electron chi connectivity index (χ1n) is 8.76. The zero-order chi connectivity index (χ0) is 20.5. The van der Waals surface area contributed by atoms with Crippen LogP contribution < -0.4 is 9.62 Å². The second-order valence-corrected chi connectivity index (χ2v) is 8.38. The Morgan fingerprint density at radius 1 is 1.00 bits per heavy atom. The highest BCUT2D eigenvalue weighted by molar-refractivity contribution is 7.92. The van der Waals surface area contributed by atoms with Gasteiger partial charge in [-0.25, -0.2) is 17.2 Å². The molecule has 0 bridgehead atoms. The number of halogens is 2. The molecule has 0 unspecified atom stereocenters. The van der Waals surface area contributed by atoms with Crippen LogP contribution in [-0.2, 0) is 14.8 Å². The van der Waals surface area contributed by atoms with E-state index in [0.717, 1.165) is 17.7 Å². The van der Waals surface area contributed by atoms with Crippen LogP contribution in [0.15, 0.2) is 41.3 Å². The minimum atomic E-state index is -3.96. The van der Waals surface area contributed by atoms with Crippen molar-refractivity contribution in [2.45, 2.75) is 18.7 Å². The highest BCUT2D eigenvalue weighted by atomic mass is 32.2. The van der Waals surface area contributed by atoms with E-state index in [9.17, 15) is 22.0 Å². The quantitative estimate of drug-likeness (QED) is 0.843. The Morgan fingerprint density at radius 2 is 1.54 bits per heavy atom. The molecule has 0 aromatic heterocycles. The number of nitrogens with zero attached hydrogens (tertiary/aromatic N) is 2. The fourth-order valence-corrected chi connectivity index (χ4v) is 4.14. The van der Waals surface area contributed by atoms with Crippen molar-refractivity contribution in [1.29, 1.82) is 0 Å². The molecule has 3 rings (SSSR count). The van der Waals surface area contributed by atoms with Gasteiger partial charge in [0, 0.05) is 45.2 Å². The number of hydrogen-bond acceptors (Lipinski definition) is 4. The lowest BCUT2D eigenvalue weighted by Gasteiger charge is -2.35. The maximum Gasteiger partial charge on any atom is 0.261 e. The van der Waals surface area contributed by atoms with E-state index in [4.69, 9.17) is 0 Å². The van der Waals surface area contributed by atoms with E-state index in [1.807, 2.05) is 6.92 Å². The summed E-state index contributed by atoms with van der Waals surface area (Å²) in [6, 6.07) is 8.04. The molecule has 1 aliphatic heterocycles. The number of rotatable bonds is 4. The van der Waals surface area contributed by atoms with Gasteiger partial charge in [-0.1, -0.05) is 17.7 Å². The second-order valence-electron chi connectivity index (χ2n) is 6.70. The van der Waals surface area contributed by atoms with Crippen molar-refractivity contribution >= 4 is 27.3 Å². The van der Waals surface area contributed by atoms with Gasteiger partial charge in [-0.3, -0.25) is 9.52 Å². The van der Waals surface area contributed by atoms with Crippen LogP contribution >= 0.6 is 0 Å². The molecule has 9 heteroatoms. The van der Waals surface area contributed by atoms with Gasteiger partial charge in [0.25, 0.3) is 10.0 Å². The van der Waals surface area contributed by atoms with Crippen molar-refractivity contribution in [3.05, 3.63) is 53.6 Å². The van der Waals surface area contributed by atoms with Crippen LogP contribution in [0, 0.1) is 18.6 Å². The Hall–Kier alpha value is -2.68. The van der Waals surface area contributed by atoms with Crippen LogP contribution in [0.2, 0.25) is 0 Å². The Labute approximate surface area is 162 Å². The van der Waals surface area contributed by atoms with E-state index in [1.54, 1.807) is 17.0 Å². The minimum Gasteiger partial charge on any atom is -0.363 e. The summed E-state index contributed by atoms with van der Waals surface area (Å²) in [5, 5.41) is 0. The van der Waals surface area contributed by atoms with E-state index >= 15 is 0 Å². The van der Waals surface area contributed by atoms with E-state index in [1.165, 1.54) is 24.0 Å². The van der Waals surface area contributed by atoms with Crippen LogP contribution in [0.5, 0.6) is 0 Å². The van der Waals surface area contributed by atoms with E-state index in [0.29, 0.717) is 26.2 Å². The summed E-state index contributed by atoms with van der Waals surface area (Å²) in [6.07, 6.45) is 0. The third-order valence-electron chi connectivity index (χ3n) is 4.64. The number of carbonyl (C=O) groups excluding carboxylic acids is 1. The van der Waals surface area contributed by atoms with Gasteiger partial charge in [0.05, 0.1) is 10.6 Å². The van der Waals surface area contributed by atoms with Crippen molar-refractivity contribution in [3.63, 3.8) is 0 Å². The lowest BCUT2D eigenvalue weighted by molar-refractivity contribution is -0.129. The summed E-state index contributed by atoms with van der Waals surface area (Å²) in [7, 11) is -3.96.